The van der Waals surface area contributed by atoms with Crippen LogP contribution in [0.1, 0.15) is 21.5 Å². The number of aryl methyl sites for hydroxylation is 1. The van der Waals surface area contributed by atoms with Gasteiger partial charge in [0.2, 0.25) is 0 Å². The van der Waals surface area contributed by atoms with Crippen molar-refractivity contribution < 1.29 is 4.79 Å². The number of carbonyl (C=O) groups excluding carboxylic acids is 1. The van der Waals surface area contributed by atoms with Crippen LogP contribution in [0.3, 0.4) is 0 Å². The molecule has 0 fully saturated rings. The summed E-state index contributed by atoms with van der Waals surface area (Å²) in [4.78, 5) is 14.0. The van der Waals surface area contributed by atoms with E-state index in [2.05, 4.69) is 15.9 Å². The molecular formula is C10H8BrNOS. The van der Waals surface area contributed by atoms with Crippen LogP contribution in [-0.2, 0) is 0 Å². The van der Waals surface area contributed by atoms with Crippen molar-refractivity contribution in [3.63, 3.8) is 0 Å². The summed E-state index contributed by atoms with van der Waals surface area (Å²) in [6.07, 6.45) is 0. The largest absolute Gasteiger partial charge is 0.288 e. The van der Waals surface area contributed by atoms with Crippen LogP contribution >= 0.6 is 28.1 Å². The number of thiocarbonyl (C=S) groups is 1. The monoisotopic (exact) mass is 269 g/mol. The predicted molar refractivity (Wildman–Crippen MR) is 62.8 cm³/mol. The van der Waals surface area contributed by atoms with Crippen LogP contribution < -0.4 is 0 Å². The van der Waals surface area contributed by atoms with Crippen molar-refractivity contribution in [3.8, 4) is 0 Å². The fraction of sp³-hybridized carbons (Fsp3) is 0.200. The van der Waals surface area contributed by atoms with E-state index < -0.39 is 0 Å². The van der Waals surface area contributed by atoms with Crippen molar-refractivity contribution in [2.45, 2.75) is 6.92 Å². The Kier molecular flexibility index (Phi) is 2.41. The number of carbonyl (C=O) groups is 1. The van der Waals surface area contributed by atoms with E-state index in [1.807, 2.05) is 25.1 Å². The summed E-state index contributed by atoms with van der Waals surface area (Å²) in [6.45, 7) is 1.97. The first kappa shape index (κ1) is 9.80. The first-order valence-corrected chi connectivity index (χ1v) is 5.71. The number of alkyl halides is 1. The normalized spacial score (nSPS) is 14.9. The molecule has 1 aliphatic heterocycles. The van der Waals surface area contributed by atoms with Crippen LogP contribution in [0.15, 0.2) is 18.2 Å². The summed E-state index contributed by atoms with van der Waals surface area (Å²) in [6, 6.07) is 5.67. The van der Waals surface area contributed by atoms with Gasteiger partial charge >= 0.3 is 0 Å². The minimum atomic E-state index is -0.00873. The number of amides is 1. The fourth-order valence-electron chi connectivity index (χ4n) is 1.61. The lowest BCUT2D eigenvalue weighted by atomic mass is 10.0. The standard InChI is InChI=1S/C10H8BrNOS/c1-6-3-2-4-7-8(6)10(14)12(5-11)9(7)13/h2-4H,5H2,1H3. The minimum Gasteiger partial charge on any atom is -0.288 e. The van der Waals surface area contributed by atoms with E-state index in [0.717, 1.165) is 16.7 Å². The van der Waals surface area contributed by atoms with Gasteiger partial charge in [-0.25, -0.2) is 0 Å². The van der Waals surface area contributed by atoms with Gasteiger partial charge in [0.25, 0.3) is 5.91 Å². The lowest BCUT2D eigenvalue weighted by Gasteiger charge is -2.11. The number of benzene rings is 1. The van der Waals surface area contributed by atoms with Crippen molar-refractivity contribution in [2.75, 3.05) is 5.45 Å². The third kappa shape index (κ3) is 1.21. The summed E-state index contributed by atoms with van der Waals surface area (Å²) in [7, 11) is 0. The number of fused-ring (bicyclic) bond motifs is 1. The second-order valence-electron chi connectivity index (χ2n) is 3.16. The maximum absolute atomic E-state index is 11.8. The van der Waals surface area contributed by atoms with Gasteiger partial charge in [-0.05, 0) is 18.6 Å². The van der Waals surface area contributed by atoms with Gasteiger partial charge in [-0.1, -0.05) is 40.3 Å². The molecule has 1 amide bonds. The summed E-state index contributed by atoms with van der Waals surface area (Å²) in [5, 5.41) is 0. The lowest BCUT2D eigenvalue weighted by Crippen LogP contribution is -2.27. The van der Waals surface area contributed by atoms with Crippen LogP contribution in [0.25, 0.3) is 0 Å². The molecule has 0 N–H and O–H groups in total. The Hall–Kier alpha value is -0.740. The third-order valence-corrected chi connectivity index (χ3v) is 3.25. The molecule has 1 aromatic rings. The molecule has 1 aliphatic rings. The quantitative estimate of drug-likeness (QED) is 0.444. The van der Waals surface area contributed by atoms with E-state index in [1.54, 1.807) is 4.90 Å². The lowest BCUT2D eigenvalue weighted by molar-refractivity contribution is 0.0880. The van der Waals surface area contributed by atoms with E-state index in [1.165, 1.54) is 0 Å². The zero-order valence-electron chi connectivity index (χ0n) is 7.58. The molecule has 0 unspecified atom stereocenters. The minimum absolute atomic E-state index is 0.00873. The molecule has 1 aromatic carbocycles. The van der Waals surface area contributed by atoms with Crippen molar-refractivity contribution in [1.82, 2.24) is 4.90 Å². The van der Waals surface area contributed by atoms with E-state index in [0.29, 0.717) is 10.4 Å². The molecule has 0 saturated carbocycles. The molecular weight excluding hydrogens is 262 g/mol. The number of hydrogen-bond donors (Lipinski definition) is 0. The number of rotatable bonds is 1. The van der Waals surface area contributed by atoms with Crippen LogP contribution in [0.5, 0.6) is 0 Å². The maximum Gasteiger partial charge on any atom is 0.260 e. The van der Waals surface area contributed by atoms with Gasteiger partial charge < -0.3 is 0 Å². The topological polar surface area (TPSA) is 20.3 Å². The molecule has 2 nitrogen and oxygen atoms in total. The molecule has 2 rings (SSSR count). The first-order chi connectivity index (χ1) is 6.66. The molecule has 14 heavy (non-hydrogen) atoms. The first-order valence-electron chi connectivity index (χ1n) is 4.18. The van der Waals surface area contributed by atoms with Crippen LogP contribution in [0.4, 0.5) is 0 Å². The number of nitrogens with zero attached hydrogens (tertiary/aromatic N) is 1. The Bertz CT molecular complexity index is 430. The third-order valence-electron chi connectivity index (χ3n) is 2.33. The molecule has 0 aromatic heterocycles. The summed E-state index contributed by atoms with van der Waals surface area (Å²) in [5.41, 5.74) is 3.14. The molecule has 1 heterocycles. The molecule has 4 heteroatoms. The van der Waals surface area contributed by atoms with Crippen molar-refractivity contribution in [1.29, 1.82) is 0 Å². The Morgan fingerprint density at radius 2 is 2.21 bits per heavy atom. The molecule has 0 saturated heterocycles. The van der Waals surface area contributed by atoms with Crippen molar-refractivity contribution >= 4 is 39.0 Å². The zero-order chi connectivity index (χ0) is 10.3. The van der Waals surface area contributed by atoms with Crippen LogP contribution in [0.2, 0.25) is 0 Å². The van der Waals surface area contributed by atoms with Gasteiger partial charge in [-0.15, -0.1) is 0 Å². The molecule has 0 radical (unpaired) electrons. The SMILES string of the molecule is Cc1cccc2c1C(=S)N(CBr)C2=O. The van der Waals surface area contributed by atoms with Crippen molar-refractivity contribution in [2.24, 2.45) is 0 Å². The van der Waals surface area contributed by atoms with E-state index in [9.17, 15) is 4.79 Å². The van der Waals surface area contributed by atoms with Gasteiger partial charge in [0.05, 0.1) is 11.0 Å². The molecule has 0 aliphatic carbocycles. The van der Waals surface area contributed by atoms with E-state index in [4.69, 9.17) is 12.2 Å². The highest BCUT2D eigenvalue weighted by molar-refractivity contribution is 9.09. The summed E-state index contributed by atoms with van der Waals surface area (Å²) in [5.74, 6) is -0.00873. The molecule has 0 spiro atoms. The second kappa shape index (κ2) is 3.44. The highest BCUT2D eigenvalue weighted by atomic mass is 79.9. The highest BCUT2D eigenvalue weighted by Gasteiger charge is 2.32. The fourth-order valence-corrected chi connectivity index (χ4v) is 2.67. The van der Waals surface area contributed by atoms with Crippen LogP contribution in [0, 0.1) is 6.92 Å². The number of hydrogen-bond acceptors (Lipinski definition) is 2. The average Bonchev–Trinajstić information content (AvgIpc) is 2.41. The molecule has 0 atom stereocenters. The summed E-state index contributed by atoms with van der Waals surface area (Å²) >= 11 is 8.49. The molecule has 72 valence electrons. The Balaban J connectivity index is 2.64. The Labute approximate surface area is 96.0 Å². The van der Waals surface area contributed by atoms with E-state index in [-0.39, 0.29) is 5.91 Å². The Morgan fingerprint density at radius 1 is 1.50 bits per heavy atom. The van der Waals surface area contributed by atoms with Gasteiger partial charge in [-0.3, -0.25) is 9.69 Å². The smallest absolute Gasteiger partial charge is 0.260 e. The predicted octanol–water partition coefficient (Wildman–Crippen LogP) is 2.48. The van der Waals surface area contributed by atoms with Gasteiger partial charge in [-0.2, -0.15) is 0 Å². The maximum atomic E-state index is 11.8. The van der Waals surface area contributed by atoms with E-state index >= 15 is 0 Å². The van der Waals surface area contributed by atoms with Gasteiger partial charge in [0.1, 0.15) is 4.99 Å². The zero-order valence-corrected chi connectivity index (χ0v) is 9.98. The Morgan fingerprint density at radius 3 is 2.79 bits per heavy atom. The second-order valence-corrected chi connectivity index (χ2v) is 4.04. The van der Waals surface area contributed by atoms with Gasteiger partial charge in [0, 0.05) is 5.56 Å². The van der Waals surface area contributed by atoms with Gasteiger partial charge in [0.15, 0.2) is 0 Å². The highest BCUT2D eigenvalue weighted by Crippen LogP contribution is 2.26. The molecule has 0 bridgehead atoms. The van der Waals surface area contributed by atoms with Crippen LogP contribution in [-0.4, -0.2) is 21.2 Å². The number of halogens is 1. The summed E-state index contributed by atoms with van der Waals surface area (Å²) < 4.78 is 0. The van der Waals surface area contributed by atoms with Crippen molar-refractivity contribution in [3.05, 3.63) is 34.9 Å². The average molecular weight is 270 g/mol.